The van der Waals surface area contributed by atoms with Crippen molar-refractivity contribution < 1.29 is 14.3 Å². The SMILES string of the molecule is CN(C)C1CCN(C(=O)c2cc3c(cc2N)OCO3)C1. The van der Waals surface area contributed by atoms with Crippen molar-refractivity contribution in [2.45, 2.75) is 12.5 Å². The van der Waals surface area contributed by atoms with Crippen LogP contribution < -0.4 is 15.2 Å². The minimum Gasteiger partial charge on any atom is -0.454 e. The van der Waals surface area contributed by atoms with E-state index in [1.54, 1.807) is 12.1 Å². The van der Waals surface area contributed by atoms with Crippen LogP contribution in [0.25, 0.3) is 0 Å². The molecule has 2 N–H and O–H groups in total. The number of nitrogen functional groups attached to an aromatic ring is 1. The van der Waals surface area contributed by atoms with E-state index in [0.717, 1.165) is 19.5 Å². The van der Waals surface area contributed by atoms with Crippen molar-refractivity contribution >= 4 is 11.6 Å². The molecule has 2 heterocycles. The fourth-order valence-corrected chi connectivity index (χ4v) is 2.66. The third-order valence-electron chi connectivity index (χ3n) is 3.96. The van der Waals surface area contributed by atoms with Crippen molar-refractivity contribution in [1.29, 1.82) is 0 Å². The Labute approximate surface area is 118 Å². The fraction of sp³-hybridized carbons (Fsp3) is 0.500. The molecule has 1 fully saturated rings. The predicted octanol–water partition coefficient (Wildman–Crippen LogP) is 0.774. The minimum atomic E-state index is -0.0369. The monoisotopic (exact) mass is 277 g/mol. The quantitative estimate of drug-likeness (QED) is 0.809. The summed E-state index contributed by atoms with van der Waals surface area (Å²) in [5.74, 6) is 1.16. The zero-order chi connectivity index (χ0) is 14.3. The third-order valence-corrected chi connectivity index (χ3v) is 3.96. The summed E-state index contributed by atoms with van der Waals surface area (Å²) in [7, 11) is 4.07. The minimum absolute atomic E-state index is 0.0369. The second kappa shape index (κ2) is 4.86. The Bertz CT molecular complexity index is 545. The number of hydrogen-bond donors (Lipinski definition) is 1. The molecule has 108 valence electrons. The van der Waals surface area contributed by atoms with E-state index >= 15 is 0 Å². The zero-order valence-corrected chi connectivity index (χ0v) is 11.8. The highest BCUT2D eigenvalue weighted by atomic mass is 16.7. The number of anilines is 1. The smallest absolute Gasteiger partial charge is 0.256 e. The molecule has 0 radical (unpaired) electrons. The summed E-state index contributed by atoms with van der Waals surface area (Å²) in [4.78, 5) is 16.6. The first-order valence-corrected chi connectivity index (χ1v) is 6.71. The van der Waals surface area contributed by atoms with Crippen molar-refractivity contribution in [1.82, 2.24) is 9.80 Å². The molecule has 1 unspecified atom stereocenters. The Kier molecular flexibility index (Phi) is 3.17. The van der Waals surface area contributed by atoms with E-state index in [4.69, 9.17) is 15.2 Å². The second-order valence-electron chi connectivity index (χ2n) is 5.45. The molecule has 6 heteroatoms. The number of amides is 1. The largest absolute Gasteiger partial charge is 0.454 e. The van der Waals surface area contributed by atoms with Crippen molar-refractivity contribution in [2.24, 2.45) is 0 Å². The van der Waals surface area contributed by atoms with Crippen molar-refractivity contribution in [2.75, 3.05) is 39.7 Å². The van der Waals surface area contributed by atoms with Gasteiger partial charge in [-0.1, -0.05) is 0 Å². The zero-order valence-electron chi connectivity index (χ0n) is 11.8. The normalized spacial score (nSPS) is 20.8. The van der Waals surface area contributed by atoms with E-state index in [2.05, 4.69) is 4.90 Å². The van der Waals surface area contributed by atoms with Gasteiger partial charge in [-0.3, -0.25) is 4.79 Å². The van der Waals surface area contributed by atoms with Crippen LogP contribution >= 0.6 is 0 Å². The number of likely N-dealkylation sites (N-methyl/N-ethyl adjacent to an activating group) is 1. The molecule has 1 aromatic carbocycles. The van der Waals surface area contributed by atoms with Gasteiger partial charge in [0.15, 0.2) is 11.5 Å². The third kappa shape index (κ3) is 2.16. The van der Waals surface area contributed by atoms with Crippen LogP contribution in [0.15, 0.2) is 12.1 Å². The number of hydrogen-bond acceptors (Lipinski definition) is 5. The molecule has 2 aliphatic heterocycles. The first-order valence-electron chi connectivity index (χ1n) is 6.71. The number of nitrogens with zero attached hydrogens (tertiary/aromatic N) is 2. The summed E-state index contributed by atoms with van der Waals surface area (Å²) in [6.45, 7) is 1.67. The van der Waals surface area contributed by atoms with Gasteiger partial charge in [-0.2, -0.15) is 0 Å². The highest BCUT2D eigenvalue weighted by molar-refractivity contribution is 6.00. The maximum Gasteiger partial charge on any atom is 0.256 e. The molecule has 3 rings (SSSR count). The lowest BCUT2D eigenvalue weighted by Gasteiger charge is -2.21. The molecule has 1 saturated heterocycles. The van der Waals surface area contributed by atoms with Gasteiger partial charge < -0.3 is 25.0 Å². The van der Waals surface area contributed by atoms with Crippen LogP contribution in [0.3, 0.4) is 0 Å². The average Bonchev–Trinajstić information content (AvgIpc) is 3.05. The molecule has 2 aliphatic rings. The standard InChI is InChI=1S/C14H19N3O3/c1-16(2)9-3-4-17(7-9)14(18)10-5-12-13(6-11(10)15)20-8-19-12/h5-6,9H,3-4,7-8,15H2,1-2H3. The molecular weight excluding hydrogens is 258 g/mol. The van der Waals surface area contributed by atoms with Gasteiger partial charge in [0.05, 0.1) is 5.56 Å². The molecule has 0 saturated carbocycles. The van der Waals surface area contributed by atoms with E-state index in [-0.39, 0.29) is 12.7 Å². The van der Waals surface area contributed by atoms with Gasteiger partial charge in [0.25, 0.3) is 5.91 Å². The van der Waals surface area contributed by atoms with Crippen molar-refractivity contribution in [3.8, 4) is 11.5 Å². The van der Waals surface area contributed by atoms with E-state index in [0.29, 0.717) is 28.8 Å². The number of ether oxygens (including phenoxy) is 2. The van der Waals surface area contributed by atoms with E-state index in [9.17, 15) is 4.79 Å². The lowest BCUT2D eigenvalue weighted by atomic mass is 10.1. The average molecular weight is 277 g/mol. The van der Waals surface area contributed by atoms with E-state index < -0.39 is 0 Å². The lowest BCUT2D eigenvalue weighted by molar-refractivity contribution is 0.0783. The summed E-state index contributed by atoms with van der Waals surface area (Å²) in [5, 5.41) is 0. The molecule has 1 aromatic rings. The Hall–Kier alpha value is -1.95. The maximum atomic E-state index is 12.6. The topological polar surface area (TPSA) is 68.0 Å². The number of fused-ring (bicyclic) bond motifs is 1. The highest BCUT2D eigenvalue weighted by Crippen LogP contribution is 2.36. The molecule has 0 aromatic heterocycles. The lowest BCUT2D eigenvalue weighted by Crippen LogP contribution is -2.34. The van der Waals surface area contributed by atoms with Gasteiger partial charge in [-0.25, -0.2) is 0 Å². The summed E-state index contributed by atoms with van der Waals surface area (Å²) in [6.07, 6.45) is 0.989. The van der Waals surface area contributed by atoms with Crippen molar-refractivity contribution in [3.63, 3.8) is 0 Å². The van der Waals surface area contributed by atoms with Crippen LogP contribution in [0.5, 0.6) is 11.5 Å². The summed E-state index contributed by atoms with van der Waals surface area (Å²) in [6, 6.07) is 3.76. The van der Waals surface area contributed by atoms with Gasteiger partial charge in [0, 0.05) is 30.9 Å². The van der Waals surface area contributed by atoms with Crippen LogP contribution in [0.1, 0.15) is 16.8 Å². The summed E-state index contributed by atoms with van der Waals surface area (Å²) in [5.41, 5.74) is 6.89. The van der Waals surface area contributed by atoms with Crippen LogP contribution in [-0.2, 0) is 0 Å². The van der Waals surface area contributed by atoms with Gasteiger partial charge in [-0.15, -0.1) is 0 Å². The number of nitrogens with two attached hydrogens (primary N) is 1. The Morgan fingerprint density at radius 3 is 2.70 bits per heavy atom. The summed E-state index contributed by atoms with van der Waals surface area (Å²) < 4.78 is 10.6. The molecule has 6 nitrogen and oxygen atoms in total. The molecule has 20 heavy (non-hydrogen) atoms. The molecule has 1 amide bonds. The second-order valence-corrected chi connectivity index (χ2v) is 5.45. The number of benzene rings is 1. The van der Waals surface area contributed by atoms with Crippen LogP contribution in [-0.4, -0.2) is 55.7 Å². The Morgan fingerprint density at radius 1 is 1.35 bits per heavy atom. The highest BCUT2D eigenvalue weighted by Gasteiger charge is 2.30. The fourth-order valence-electron chi connectivity index (χ4n) is 2.66. The number of likely N-dealkylation sites (tertiary alicyclic amines) is 1. The van der Waals surface area contributed by atoms with E-state index in [1.807, 2.05) is 19.0 Å². The van der Waals surface area contributed by atoms with Crippen LogP contribution in [0.2, 0.25) is 0 Å². The van der Waals surface area contributed by atoms with Gasteiger partial charge in [-0.05, 0) is 26.6 Å². The van der Waals surface area contributed by atoms with Gasteiger partial charge in [0.1, 0.15) is 0 Å². The van der Waals surface area contributed by atoms with Crippen LogP contribution in [0, 0.1) is 0 Å². The molecular formula is C14H19N3O3. The van der Waals surface area contributed by atoms with Crippen molar-refractivity contribution in [3.05, 3.63) is 17.7 Å². The van der Waals surface area contributed by atoms with E-state index in [1.165, 1.54) is 0 Å². The first-order chi connectivity index (χ1) is 9.56. The summed E-state index contributed by atoms with van der Waals surface area (Å²) >= 11 is 0. The Morgan fingerprint density at radius 2 is 2.05 bits per heavy atom. The molecule has 0 aliphatic carbocycles. The first kappa shape index (κ1) is 13.1. The van der Waals surface area contributed by atoms with Crippen LogP contribution in [0.4, 0.5) is 5.69 Å². The number of rotatable bonds is 2. The molecule has 0 bridgehead atoms. The van der Waals surface area contributed by atoms with Gasteiger partial charge in [0.2, 0.25) is 6.79 Å². The maximum absolute atomic E-state index is 12.6. The molecule has 0 spiro atoms. The predicted molar refractivity (Wildman–Crippen MR) is 75.0 cm³/mol. The number of carbonyl (C=O) groups excluding carboxylic acids is 1. The Balaban J connectivity index is 1.81. The van der Waals surface area contributed by atoms with Gasteiger partial charge >= 0.3 is 0 Å². The number of carbonyl (C=O) groups is 1. The molecule has 1 atom stereocenters.